The largest absolute Gasteiger partial charge is 0.314 e. The SMILES string of the molecule is C=CCCCC[C@@H](c1cc(F)cc(Cl)c1)N1CCNCC1.Cl. The number of hydrogen-bond donors (Lipinski definition) is 1. The van der Waals surface area contributed by atoms with Gasteiger partial charge in [0.25, 0.3) is 0 Å². The summed E-state index contributed by atoms with van der Waals surface area (Å²) in [6, 6.07) is 5.17. The van der Waals surface area contributed by atoms with Crippen molar-refractivity contribution in [1.82, 2.24) is 10.2 Å². The van der Waals surface area contributed by atoms with Crippen molar-refractivity contribution in [3.63, 3.8) is 0 Å². The van der Waals surface area contributed by atoms with Gasteiger partial charge in [-0.15, -0.1) is 19.0 Å². The standard InChI is InChI=1S/C17H24ClFN2.ClH/c1-2-3-4-5-6-17(21-9-7-20-8-10-21)14-11-15(18)13-16(19)12-14;/h2,11-13,17,20H,1,3-10H2;1H/t17-;/m0./s1. The molecule has 124 valence electrons. The minimum absolute atomic E-state index is 0. The predicted molar refractivity (Wildman–Crippen MR) is 94.5 cm³/mol. The number of halogens is 3. The van der Waals surface area contributed by atoms with Crippen molar-refractivity contribution < 1.29 is 4.39 Å². The first kappa shape index (κ1) is 19.4. The van der Waals surface area contributed by atoms with Gasteiger partial charge in [0.05, 0.1) is 0 Å². The van der Waals surface area contributed by atoms with E-state index in [9.17, 15) is 4.39 Å². The van der Waals surface area contributed by atoms with Gasteiger partial charge in [0.1, 0.15) is 5.82 Å². The third-order valence-electron chi connectivity index (χ3n) is 4.00. The van der Waals surface area contributed by atoms with Crippen LogP contribution < -0.4 is 5.32 Å². The molecule has 5 heteroatoms. The molecule has 1 fully saturated rings. The van der Waals surface area contributed by atoms with Gasteiger partial charge in [0, 0.05) is 37.2 Å². The lowest BCUT2D eigenvalue weighted by Gasteiger charge is -2.35. The Morgan fingerprint density at radius 2 is 2.00 bits per heavy atom. The lowest BCUT2D eigenvalue weighted by molar-refractivity contribution is 0.162. The average molecular weight is 347 g/mol. The Labute approximate surface area is 144 Å². The molecular weight excluding hydrogens is 322 g/mol. The zero-order chi connectivity index (χ0) is 15.1. The number of allylic oxidation sites excluding steroid dienone is 1. The van der Waals surface area contributed by atoms with E-state index < -0.39 is 0 Å². The summed E-state index contributed by atoms with van der Waals surface area (Å²) in [6.45, 7) is 7.75. The summed E-state index contributed by atoms with van der Waals surface area (Å²) in [4.78, 5) is 2.44. The number of nitrogens with zero attached hydrogens (tertiary/aromatic N) is 1. The van der Waals surface area contributed by atoms with Gasteiger partial charge in [-0.1, -0.05) is 24.1 Å². The van der Waals surface area contributed by atoms with Gasteiger partial charge in [-0.2, -0.15) is 0 Å². The van der Waals surface area contributed by atoms with Gasteiger partial charge in [0.2, 0.25) is 0 Å². The molecule has 0 unspecified atom stereocenters. The lowest BCUT2D eigenvalue weighted by Crippen LogP contribution is -2.45. The zero-order valence-corrected chi connectivity index (χ0v) is 14.4. The van der Waals surface area contributed by atoms with Gasteiger partial charge >= 0.3 is 0 Å². The van der Waals surface area contributed by atoms with Crippen molar-refractivity contribution in [2.75, 3.05) is 26.2 Å². The Balaban J connectivity index is 0.00000242. The van der Waals surface area contributed by atoms with Crippen LogP contribution in [-0.4, -0.2) is 31.1 Å². The Kier molecular flexibility index (Phi) is 9.03. The maximum Gasteiger partial charge on any atom is 0.125 e. The van der Waals surface area contributed by atoms with Crippen LogP contribution in [0.2, 0.25) is 5.02 Å². The fourth-order valence-electron chi connectivity index (χ4n) is 2.95. The number of unbranched alkanes of at least 4 members (excludes halogenated alkanes) is 2. The number of rotatable bonds is 7. The molecule has 22 heavy (non-hydrogen) atoms. The monoisotopic (exact) mass is 346 g/mol. The van der Waals surface area contributed by atoms with Gasteiger partial charge < -0.3 is 5.32 Å². The van der Waals surface area contributed by atoms with Crippen molar-refractivity contribution in [2.45, 2.75) is 31.7 Å². The first-order valence-corrected chi connectivity index (χ1v) is 8.10. The molecule has 0 aliphatic carbocycles. The second-order valence-electron chi connectivity index (χ2n) is 5.58. The molecule has 0 aromatic heterocycles. The van der Waals surface area contributed by atoms with Crippen molar-refractivity contribution in [3.05, 3.63) is 47.3 Å². The van der Waals surface area contributed by atoms with Crippen molar-refractivity contribution in [3.8, 4) is 0 Å². The summed E-state index contributed by atoms with van der Waals surface area (Å²) in [5.41, 5.74) is 1.00. The molecule has 2 rings (SSSR count). The molecule has 0 radical (unpaired) electrons. The van der Waals surface area contributed by atoms with Gasteiger partial charge in [0.15, 0.2) is 0 Å². The molecule has 1 aliphatic heterocycles. The minimum Gasteiger partial charge on any atom is -0.314 e. The second kappa shape index (κ2) is 10.2. The third kappa shape index (κ3) is 5.88. The molecule has 1 atom stereocenters. The quantitative estimate of drug-likeness (QED) is 0.573. The smallest absolute Gasteiger partial charge is 0.125 e. The Morgan fingerprint density at radius 1 is 1.27 bits per heavy atom. The van der Waals surface area contributed by atoms with Crippen LogP contribution in [0.1, 0.15) is 37.3 Å². The van der Waals surface area contributed by atoms with E-state index in [1.807, 2.05) is 12.1 Å². The fraction of sp³-hybridized carbons (Fsp3) is 0.529. The van der Waals surface area contributed by atoms with E-state index in [2.05, 4.69) is 16.8 Å². The molecule has 1 aromatic carbocycles. The van der Waals surface area contributed by atoms with E-state index in [1.165, 1.54) is 6.07 Å². The summed E-state index contributed by atoms with van der Waals surface area (Å²) in [6.07, 6.45) is 6.29. The van der Waals surface area contributed by atoms with Crippen LogP contribution in [0.25, 0.3) is 0 Å². The second-order valence-corrected chi connectivity index (χ2v) is 6.01. The molecule has 1 aromatic rings. The van der Waals surface area contributed by atoms with Crippen LogP contribution in [0, 0.1) is 5.82 Å². The number of nitrogens with one attached hydrogen (secondary N) is 1. The topological polar surface area (TPSA) is 15.3 Å². The molecular formula is C17H25Cl2FN2. The molecule has 0 spiro atoms. The van der Waals surface area contributed by atoms with Gasteiger partial charge in [-0.3, -0.25) is 4.90 Å². The van der Waals surface area contributed by atoms with Crippen LogP contribution in [0.5, 0.6) is 0 Å². The van der Waals surface area contributed by atoms with Crippen molar-refractivity contribution in [1.29, 1.82) is 0 Å². The maximum atomic E-state index is 13.7. The van der Waals surface area contributed by atoms with Crippen LogP contribution in [0.4, 0.5) is 4.39 Å². The molecule has 1 aliphatic rings. The number of benzene rings is 1. The van der Waals surface area contributed by atoms with Crippen LogP contribution in [0.3, 0.4) is 0 Å². The summed E-state index contributed by atoms with van der Waals surface area (Å²) < 4.78 is 13.7. The zero-order valence-electron chi connectivity index (χ0n) is 12.9. The van der Waals surface area contributed by atoms with E-state index in [1.54, 1.807) is 6.07 Å². The lowest BCUT2D eigenvalue weighted by atomic mass is 9.98. The number of hydrogen-bond acceptors (Lipinski definition) is 2. The van der Waals surface area contributed by atoms with Crippen LogP contribution >= 0.6 is 24.0 Å². The molecule has 2 nitrogen and oxygen atoms in total. The summed E-state index contributed by atoms with van der Waals surface area (Å²) in [7, 11) is 0. The highest BCUT2D eigenvalue weighted by molar-refractivity contribution is 6.30. The first-order valence-electron chi connectivity index (χ1n) is 7.72. The maximum absolute atomic E-state index is 13.7. The van der Waals surface area contributed by atoms with Crippen LogP contribution in [-0.2, 0) is 0 Å². The molecule has 1 heterocycles. The highest BCUT2D eigenvalue weighted by Crippen LogP contribution is 2.29. The molecule has 0 amide bonds. The van der Waals surface area contributed by atoms with Crippen LogP contribution in [0.15, 0.2) is 30.9 Å². The molecule has 1 saturated heterocycles. The third-order valence-corrected chi connectivity index (χ3v) is 4.22. The summed E-state index contributed by atoms with van der Waals surface area (Å²) in [5.74, 6) is -0.247. The Hall–Kier alpha value is -0.610. The molecule has 1 N–H and O–H groups in total. The van der Waals surface area contributed by atoms with Gasteiger partial charge in [-0.25, -0.2) is 4.39 Å². The summed E-state index contributed by atoms with van der Waals surface area (Å²) >= 11 is 6.03. The van der Waals surface area contributed by atoms with E-state index >= 15 is 0 Å². The first-order chi connectivity index (χ1) is 10.2. The highest BCUT2D eigenvalue weighted by Gasteiger charge is 2.22. The van der Waals surface area contributed by atoms with E-state index in [-0.39, 0.29) is 24.3 Å². The van der Waals surface area contributed by atoms with E-state index in [0.717, 1.165) is 57.4 Å². The summed E-state index contributed by atoms with van der Waals surface area (Å²) in [5, 5.41) is 3.85. The van der Waals surface area contributed by atoms with E-state index in [0.29, 0.717) is 5.02 Å². The number of piperazine rings is 1. The highest BCUT2D eigenvalue weighted by atomic mass is 35.5. The minimum atomic E-state index is -0.247. The normalized spacial score (nSPS) is 16.8. The van der Waals surface area contributed by atoms with Crippen molar-refractivity contribution >= 4 is 24.0 Å². The predicted octanol–water partition coefficient (Wildman–Crippen LogP) is 4.59. The fourth-order valence-corrected chi connectivity index (χ4v) is 3.18. The molecule has 0 saturated carbocycles. The average Bonchev–Trinajstić information content (AvgIpc) is 2.47. The Morgan fingerprint density at radius 3 is 2.64 bits per heavy atom. The molecule has 0 bridgehead atoms. The van der Waals surface area contributed by atoms with Crippen molar-refractivity contribution in [2.24, 2.45) is 0 Å². The Bertz CT molecular complexity index is 442. The van der Waals surface area contributed by atoms with E-state index in [4.69, 9.17) is 11.6 Å². The van der Waals surface area contributed by atoms with Gasteiger partial charge in [-0.05, 0) is 43.0 Å².